The van der Waals surface area contributed by atoms with Gasteiger partial charge < -0.3 is 10.1 Å². The first-order valence-corrected chi connectivity index (χ1v) is 9.94. The number of rotatable bonds is 9. The molecule has 0 aromatic heterocycles. The second-order valence-corrected chi connectivity index (χ2v) is 8.06. The molecule has 0 aliphatic rings. The lowest BCUT2D eigenvalue weighted by Gasteiger charge is -2.10. The van der Waals surface area contributed by atoms with Gasteiger partial charge in [0.1, 0.15) is 5.75 Å². The zero-order chi connectivity index (χ0) is 18.3. The van der Waals surface area contributed by atoms with Crippen LogP contribution in [0.1, 0.15) is 30.5 Å². The van der Waals surface area contributed by atoms with Crippen LogP contribution in [-0.2, 0) is 28.9 Å². The average Bonchev–Trinajstić information content (AvgIpc) is 2.55. The van der Waals surface area contributed by atoms with Crippen molar-refractivity contribution >= 4 is 10.0 Å². The van der Waals surface area contributed by atoms with E-state index in [9.17, 15) is 8.42 Å². The van der Waals surface area contributed by atoms with Crippen LogP contribution >= 0.6 is 0 Å². The van der Waals surface area contributed by atoms with Crippen molar-refractivity contribution in [2.75, 3.05) is 7.11 Å². The van der Waals surface area contributed by atoms with Gasteiger partial charge in [0.15, 0.2) is 0 Å². The predicted molar refractivity (Wildman–Crippen MR) is 101 cm³/mol. The van der Waals surface area contributed by atoms with Gasteiger partial charge in [-0.1, -0.05) is 36.4 Å². The molecule has 0 spiro atoms. The van der Waals surface area contributed by atoms with E-state index in [1.165, 1.54) is 0 Å². The zero-order valence-electron chi connectivity index (χ0n) is 15.0. The van der Waals surface area contributed by atoms with Gasteiger partial charge in [0, 0.05) is 19.1 Å². The maximum atomic E-state index is 11.9. The van der Waals surface area contributed by atoms with E-state index in [0.717, 1.165) is 29.0 Å². The molecule has 0 aliphatic carbocycles. The maximum absolute atomic E-state index is 11.9. The summed E-state index contributed by atoms with van der Waals surface area (Å²) in [5.41, 5.74) is 3.05. The molecular weight excluding hydrogens is 336 g/mol. The molecule has 136 valence electrons. The van der Waals surface area contributed by atoms with E-state index < -0.39 is 10.0 Å². The molecule has 2 rings (SSSR count). The lowest BCUT2D eigenvalue weighted by atomic mass is 10.1. The number of ether oxygens (including phenoxy) is 1. The van der Waals surface area contributed by atoms with E-state index in [0.29, 0.717) is 6.54 Å². The number of sulfonamides is 1. The van der Waals surface area contributed by atoms with Crippen LogP contribution in [0.2, 0.25) is 0 Å². The van der Waals surface area contributed by atoms with Gasteiger partial charge in [0.25, 0.3) is 0 Å². The molecule has 0 aliphatic heterocycles. The minimum Gasteiger partial charge on any atom is -0.497 e. The smallest absolute Gasteiger partial charge is 0.216 e. The van der Waals surface area contributed by atoms with Crippen LogP contribution in [0, 0.1) is 0 Å². The van der Waals surface area contributed by atoms with E-state index in [1.54, 1.807) is 7.11 Å². The highest BCUT2D eigenvalue weighted by Gasteiger charge is 2.12. The number of methoxy groups -OCH3 is 1. The van der Waals surface area contributed by atoms with E-state index in [-0.39, 0.29) is 11.8 Å². The summed E-state index contributed by atoms with van der Waals surface area (Å²) in [5.74, 6) is 0.850. The lowest BCUT2D eigenvalue weighted by molar-refractivity contribution is 0.414. The topological polar surface area (TPSA) is 67.4 Å². The second-order valence-electron chi connectivity index (χ2n) is 6.30. The monoisotopic (exact) mass is 362 g/mol. The van der Waals surface area contributed by atoms with Crippen LogP contribution in [0.3, 0.4) is 0 Å². The van der Waals surface area contributed by atoms with Crippen molar-refractivity contribution in [3.05, 3.63) is 65.2 Å². The Labute approximate surface area is 150 Å². The normalized spacial score (nSPS) is 11.7. The number of nitrogens with one attached hydrogen (secondary N) is 2. The number of hydrogen-bond acceptors (Lipinski definition) is 4. The Hall–Kier alpha value is -1.89. The van der Waals surface area contributed by atoms with E-state index in [2.05, 4.69) is 10.0 Å². The third kappa shape index (κ3) is 6.86. The Kier molecular flexibility index (Phi) is 6.99. The van der Waals surface area contributed by atoms with Crippen LogP contribution in [0.5, 0.6) is 5.75 Å². The van der Waals surface area contributed by atoms with Gasteiger partial charge in [-0.25, -0.2) is 13.1 Å². The van der Waals surface area contributed by atoms with Gasteiger partial charge in [0.05, 0.1) is 12.9 Å². The van der Waals surface area contributed by atoms with E-state index in [1.807, 2.05) is 62.4 Å². The third-order valence-corrected chi connectivity index (χ3v) is 5.13. The van der Waals surface area contributed by atoms with E-state index >= 15 is 0 Å². The summed E-state index contributed by atoms with van der Waals surface area (Å²) in [5, 5.41) is 3.38. The van der Waals surface area contributed by atoms with Crippen molar-refractivity contribution in [3.63, 3.8) is 0 Å². The molecule has 0 bridgehead atoms. The Morgan fingerprint density at radius 1 is 0.960 bits per heavy atom. The fourth-order valence-corrected chi connectivity index (χ4v) is 3.94. The Bertz CT molecular complexity index is 772. The molecule has 0 saturated carbocycles. The third-order valence-electron chi connectivity index (χ3n) is 3.59. The van der Waals surface area contributed by atoms with Gasteiger partial charge in [-0.05, 0) is 42.7 Å². The molecule has 0 saturated heterocycles. The fourth-order valence-electron chi connectivity index (χ4n) is 2.51. The van der Waals surface area contributed by atoms with Crippen LogP contribution in [-0.4, -0.2) is 21.6 Å². The standard InChI is InChI=1S/C19H26N2O3S/c1-15(2)21-25(22,23)14-17-9-7-16(8-10-17)12-20-13-18-5-4-6-19(11-18)24-3/h4-11,15,20-21H,12-14H2,1-3H3. The Morgan fingerprint density at radius 2 is 1.60 bits per heavy atom. The zero-order valence-corrected chi connectivity index (χ0v) is 15.8. The lowest BCUT2D eigenvalue weighted by Crippen LogP contribution is -2.31. The molecule has 0 unspecified atom stereocenters. The minimum atomic E-state index is -3.28. The van der Waals surface area contributed by atoms with Crippen LogP contribution in [0.25, 0.3) is 0 Å². The number of benzene rings is 2. The van der Waals surface area contributed by atoms with Gasteiger partial charge >= 0.3 is 0 Å². The SMILES string of the molecule is COc1cccc(CNCc2ccc(CS(=O)(=O)NC(C)C)cc2)c1. The largest absolute Gasteiger partial charge is 0.497 e. The molecule has 2 aromatic rings. The Balaban J connectivity index is 1.86. The summed E-state index contributed by atoms with van der Waals surface area (Å²) < 4.78 is 31.7. The van der Waals surface area contributed by atoms with Crippen molar-refractivity contribution in [2.45, 2.75) is 38.7 Å². The van der Waals surface area contributed by atoms with Gasteiger partial charge in [-0.15, -0.1) is 0 Å². The maximum Gasteiger partial charge on any atom is 0.216 e. The van der Waals surface area contributed by atoms with Gasteiger partial charge in [0.2, 0.25) is 10.0 Å². The van der Waals surface area contributed by atoms with Crippen LogP contribution < -0.4 is 14.8 Å². The van der Waals surface area contributed by atoms with Crippen molar-refractivity contribution < 1.29 is 13.2 Å². The molecule has 0 atom stereocenters. The average molecular weight is 362 g/mol. The molecule has 6 heteroatoms. The predicted octanol–water partition coefficient (Wildman–Crippen LogP) is 2.81. The first kappa shape index (κ1) is 19.4. The summed E-state index contributed by atoms with van der Waals surface area (Å²) in [6, 6.07) is 15.5. The molecule has 0 radical (unpaired) electrons. The van der Waals surface area contributed by atoms with E-state index in [4.69, 9.17) is 4.74 Å². The van der Waals surface area contributed by atoms with Crippen molar-refractivity contribution in [3.8, 4) is 5.75 Å². The van der Waals surface area contributed by atoms with Gasteiger partial charge in [-0.3, -0.25) is 0 Å². The molecule has 25 heavy (non-hydrogen) atoms. The minimum absolute atomic E-state index is 0.00268. The van der Waals surface area contributed by atoms with Crippen LogP contribution in [0.15, 0.2) is 48.5 Å². The fraction of sp³-hybridized carbons (Fsp3) is 0.368. The molecule has 5 nitrogen and oxygen atoms in total. The first-order chi connectivity index (χ1) is 11.9. The summed E-state index contributed by atoms with van der Waals surface area (Å²) in [7, 11) is -1.63. The van der Waals surface area contributed by atoms with Crippen molar-refractivity contribution in [2.24, 2.45) is 0 Å². The highest BCUT2D eigenvalue weighted by Crippen LogP contribution is 2.13. The summed E-state index contributed by atoms with van der Waals surface area (Å²) >= 11 is 0. The second kappa shape index (κ2) is 8.99. The number of hydrogen-bond donors (Lipinski definition) is 2. The first-order valence-electron chi connectivity index (χ1n) is 8.29. The summed E-state index contributed by atoms with van der Waals surface area (Å²) in [6.45, 7) is 5.09. The van der Waals surface area contributed by atoms with Crippen molar-refractivity contribution in [1.29, 1.82) is 0 Å². The molecule has 0 heterocycles. The highest BCUT2D eigenvalue weighted by molar-refractivity contribution is 7.88. The molecule has 2 aromatic carbocycles. The molecule has 0 amide bonds. The van der Waals surface area contributed by atoms with Gasteiger partial charge in [-0.2, -0.15) is 0 Å². The summed E-state index contributed by atoms with van der Waals surface area (Å²) in [6.07, 6.45) is 0. The quantitative estimate of drug-likeness (QED) is 0.720. The summed E-state index contributed by atoms with van der Waals surface area (Å²) in [4.78, 5) is 0. The highest BCUT2D eigenvalue weighted by atomic mass is 32.2. The molecular formula is C19H26N2O3S. The Morgan fingerprint density at radius 3 is 2.24 bits per heavy atom. The van der Waals surface area contributed by atoms with Crippen molar-refractivity contribution in [1.82, 2.24) is 10.0 Å². The molecule has 0 fully saturated rings. The van der Waals surface area contributed by atoms with Crippen LogP contribution in [0.4, 0.5) is 0 Å². The molecule has 2 N–H and O–H groups in total.